The van der Waals surface area contributed by atoms with E-state index in [2.05, 4.69) is 42.7 Å². The second-order valence-corrected chi connectivity index (χ2v) is 7.06. The molecule has 0 amide bonds. The minimum absolute atomic E-state index is 0.131. The molecule has 142 valence electrons. The molecule has 5 rings (SSSR count). The Morgan fingerprint density at radius 2 is 2.14 bits per heavy atom. The standard InChI is InChI=1S/C20H21N7O/c1-27-12-14(8-23-27)13-4-5-17-16(7-13)20(26-25-17)18-10-22-11-19(24-18)28-15-3-2-6-21-9-15/h4-5,7-8,10-12,15,21H,2-3,6,9H2,1H3,(H,25,26)/t15-/m1/s1. The molecule has 0 spiro atoms. The van der Waals surface area contributed by atoms with Crippen LogP contribution in [0.15, 0.2) is 43.0 Å². The Labute approximate surface area is 162 Å². The Bertz CT molecular complexity index is 1110. The summed E-state index contributed by atoms with van der Waals surface area (Å²) in [5, 5.41) is 16.2. The summed E-state index contributed by atoms with van der Waals surface area (Å²) in [6.45, 7) is 1.88. The number of nitrogens with zero attached hydrogens (tertiary/aromatic N) is 5. The number of aromatic amines is 1. The van der Waals surface area contributed by atoms with Crippen molar-refractivity contribution in [2.75, 3.05) is 13.1 Å². The highest BCUT2D eigenvalue weighted by molar-refractivity contribution is 5.94. The van der Waals surface area contributed by atoms with Crippen LogP contribution in [-0.4, -0.2) is 49.1 Å². The topological polar surface area (TPSA) is 93.5 Å². The number of nitrogens with one attached hydrogen (secondary N) is 2. The van der Waals surface area contributed by atoms with Crippen molar-refractivity contribution >= 4 is 10.9 Å². The van der Waals surface area contributed by atoms with Crippen LogP contribution >= 0.6 is 0 Å². The van der Waals surface area contributed by atoms with E-state index in [4.69, 9.17) is 4.74 Å². The number of ether oxygens (including phenoxy) is 1. The zero-order chi connectivity index (χ0) is 18.9. The molecule has 8 heteroatoms. The summed E-state index contributed by atoms with van der Waals surface area (Å²) in [5.41, 5.74) is 4.55. The Morgan fingerprint density at radius 1 is 1.18 bits per heavy atom. The first-order valence-electron chi connectivity index (χ1n) is 9.43. The maximum atomic E-state index is 6.02. The van der Waals surface area contributed by atoms with Crippen LogP contribution in [0, 0.1) is 0 Å². The van der Waals surface area contributed by atoms with Crippen LogP contribution in [0.5, 0.6) is 5.88 Å². The smallest absolute Gasteiger partial charge is 0.233 e. The van der Waals surface area contributed by atoms with Crippen molar-refractivity contribution in [2.24, 2.45) is 7.05 Å². The highest BCUT2D eigenvalue weighted by Crippen LogP contribution is 2.30. The first-order chi connectivity index (χ1) is 13.8. The van der Waals surface area contributed by atoms with E-state index in [9.17, 15) is 0 Å². The summed E-state index contributed by atoms with van der Waals surface area (Å²) < 4.78 is 7.81. The lowest BCUT2D eigenvalue weighted by Gasteiger charge is -2.23. The van der Waals surface area contributed by atoms with Gasteiger partial charge in [0.2, 0.25) is 5.88 Å². The predicted molar refractivity (Wildman–Crippen MR) is 106 cm³/mol. The number of benzene rings is 1. The average molecular weight is 375 g/mol. The lowest BCUT2D eigenvalue weighted by atomic mass is 10.1. The van der Waals surface area contributed by atoms with E-state index in [1.54, 1.807) is 17.1 Å². The van der Waals surface area contributed by atoms with Gasteiger partial charge in [0, 0.05) is 30.7 Å². The second-order valence-electron chi connectivity index (χ2n) is 7.06. The fourth-order valence-corrected chi connectivity index (χ4v) is 3.57. The van der Waals surface area contributed by atoms with Crippen molar-refractivity contribution in [3.05, 3.63) is 43.0 Å². The first-order valence-corrected chi connectivity index (χ1v) is 9.43. The maximum absolute atomic E-state index is 6.02. The normalized spacial score (nSPS) is 17.1. The van der Waals surface area contributed by atoms with Crippen molar-refractivity contribution in [3.63, 3.8) is 0 Å². The van der Waals surface area contributed by atoms with Gasteiger partial charge >= 0.3 is 0 Å². The molecule has 4 aromatic rings. The molecule has 0 aliphatic carbocycles. The summed E-state index contributed by atoms with van der Waals surface area (Å²) in [7, 11) is 1.91. The van der Waals surface area contributed by atoms with Gasteiger partial charge in [-0.15, -0.1) is 0 Å². The third-order valence-electron chi connectivity index (χ3n) is 5.00. The van der Waals surface area contributed by atoms with Gasteiger partial charge in [0.25, 0.3) is 0 Å². The molecular weight excluding hydrogens is 354 g/mol. The van der Waals surface area contributed by atoms with Crippen LogP contribution in [-0.2, 0) is 7.05 Å². The van der Waals surface area contributed by atoms with E-state index in [0.29, 0.717) is 11.6 Å². The molecule has 1 aliphatic heterocycles. The minimum Gasteiger partial charge on any atom is -0.472 e. The number of H-pyrrole nitrogens is 1. The molecule has 3 aromatic heterocycles. The number of aromatic nitrogens is 6. The van der Waals surface area contributed by atoms with Crippen molar-refractivity contribution in [3.8, 4) is 28.4 Å². The number of fused-ring (bicyclic) bond motifs is 1. The number of hydrogen-bond donors (Lipinski definition) is 2. The van der Waals surface area contributed by atoms with Gasteiger partial charge < -0.3 is 10.1 Å². The second kappa shape index (κ2) is 7.05. The highest BCUT2D eigenvalue weighted by atomic mass is 16.5. The summed E-state index contributed by atoms with van der Waals surface area (Å²) in [6, 6.07) is 6.18. The van der Waals surface area contributed by atoms with Crippen molar-refractivity contribution in [1.82, 2.24) is 35.3 Å². The van der Waals surface area contributed by atoms with Gasteiger partial charge in [-0.2, -0.15) is 10.2 Å². The minimum atomic E-state index is 0.131. The zero-order valence-corrected chi connectivity index (χ0v) is 15.6. The molecule has 28 heavy (non-hydrogen) atoms. The van der Waals surface area contributed by atoms with E-state index in [1.165, 1.54) is 0 Å². The Morgan fingerprint density at radius 3 is 2.96 bits per heavy atom. The first kappa shape index (κ1) is 16.9. The predicted octanol–water partition coefficient (Wildman–Crippen LogP) is 2.55. The third-order valence-corrected chi connectivity index (χ3v) is 5.00. The van der Waals surface area contributed by atoms with Crippen LogP contribution in [0.2, 0.25) is 0 Å². The Kier molecular flexibility index (Phi) is 4.25. The number of rotatable bonds is 4. The SMILES string of the molecule is Cn1cc(-c2ccc3[nH]nc(-c4cncc(O[C@@H]5CCCNC5)n4)c3c2)cn1. The molecule has 2 N–H and O–H groups in total. The third kappa shape index (κ3) is 3.22. The van der Waals surface area contributed by atoms with Crippen LogP contribution in [0.4, 0.5) is 0 Å². The lowest BCUT2D eigenvalue weighted by molar-refractivity contribution is 0.160. The van der Waals surface area contributed by atoms with Crippen molar-refractivity contribution < 1.29 is 4.74 Å². The van der Waals surface area contributed by atoms with Gasteiger partial charge in [0.05, 0.1) is 24.1 Å². The van der Waals surface area contributed by atoms with Gasteiger partial charge in [0.1, 0.15) is 17.5 Å². The van der Waals surface area contributed by atoms with Crippen LogP contribution in [0.3, 0.4) is 0 Å². The summed E-state index contributed by atoms with van der Waals surface area (Å²) in [5.74, 6) is 0.533. The molecule has 0 radical (unpaired) electrons. The molecule has 1 saturated heterocycles. The molecule has 0 unspecified atom stereocenters. The maximum Gasteiger partial charge on any atom is 0.233 e. The van der Waals surface area contributed by atoms with Crippen molar-refractivity contribution in [2.45, 2.75) is 18.9 Å². The van der Waals surface area contributed by atoms with Gasteiger partial charge in [-0.05, 0) is 37.1 Å². The monoisotopic (exact) mass is 375 g/mol. The van der Waals surface area contributed by atoms with Gasteiger partial charge in [-0.25, -0.2) is 4.98 Å². The fraction of sp³-hybridized carbons (Fsp3) is 0.300. The summed E-state index contributed by atoms with van der Waals surface area (Å²) in [4.78, 5) is 8.98. The Balaban J connectivity index is 1.49. The number of hydrogen-bond acceptors (Lipinski definition) is 6. The van der Waals surface area contributed by atoms with Gasteiger partial charge in [0.15, 0.2) is 0 Å². The van der Waals surface area contributed by atoms with Crippen LogP contribution in [0.25, 0.3) is 33.4 Å². The molecule has 8 nitrogen and oxygen atoms in total. The molecule has 4 heterocycles. The number of piperidine rings is 1. The zero-order valence-electron chi connectivity index (χ0n) is 15.6. The molecule has 1 atom stereocenters. The average Bonchev–Trinajstić information content (AvgIpc) is 3.35. The molecule has 1 aromatic carbocycles. The lowest BCUT2D eigenvalue weighted by Crippen LogP contribution is -2.37. The van der Waals surface area contributed by atoms with Gasteiger partial charge in [-0.3, -0.25) is 14.8 Å². The summed E-state index contributed by atoms with van der Waals surface area (Å²) >= 11 is 0. The molecule has 1 aliphatic rings. The summed E-state index contributed by atoms with van der Waals surface area (Å²) in [6.07, 6.45) is 9.50. The largest absolute Gasteiger partial charge is 0.472 e. The van der Waals surface area contributed by atoms with E-state index >= 15 is 0 Å². The van der Waals surface area contributed by atoms with E-state index in [-0.39, 0.29) is 6.10 Å². The fourth-order valence-electron chi connectivity index (χ4n) is 3.57. The molecule has 0 bridgehead atoms. The van der Waals surface area contributed by atoms with E-state index in [1.807, 2.05) is 25.5 Å². The van der Waals surface area contributed by atoms with Crippen molar-refractivity contribution in [1.29, 1.82) is 0 Å². The molecule has 1 fully saturated rings. The van der Waals surface area contributed by atoms with Crippen LogP contribution in [0.1, 0.15) is 12.8 Å². The van der Waals surface area contributed by atoms with E-state index < -0.39 is 0 Å². The highest BCUT2D eigenvalue weighted by Gasteiger charge is 2.17. The Hall–Kier alpha value is -3.26. The molecular formula is C20H21N7O. The van der Waals surface area contributed by atoms with Gasteiger partial charge in [-0.1, -0.05) is 6.07 Å². The molecule has 0 saturated carbocycles. The quantitative estimate of drug-likeness (QED) is 0.569. The van der Waals surface area contributed by atoms with E-state index in [0.717, 1.165) is 53.7 Å². The number of aryl methyl sites for hydroxylation is 1. The van der Waals surface area contributed by atoms with Crippen LogP contribution < -0.4 is 10.1 Å².